The maximum Gasteiger partial charge on any atom is 0.0403 e. The Labute approximate surface area is 80.9 Å². The third kappa shape index (κ3) is 1.71. The Balaban J connectivity index is 2.13. The van der Waals surface area contributed by atoms with Crippen LogP contribution in [0, 0.1) is 5.92 Å². The standard InChI is InChI=1S/C12H19N/c1-10-4-6-11(7-5-10)12(2)8-3-9-13-12/h4,6-7,10,13H,3,5,8-9H2,1-2H3. The van der Waals surface area contributed by atoms with Gasteiger partial charge in [-0.25, -0.2) is 0 Å². The molecule has 1 heterocycles. The van der Waals surface area contributed by atoms with Crippen molar-refractivity contribution in [3.63, 3.8) is 0 Å². The van der Waals surface area contributed by atoms with Crippen molar-refractivity contribution in [3.05, 3.63) is 23.8 Å². The third-order valence-corrected chi connectivity index (χ3v) is 3.32. The number of allylic oxidation sites excluding steroid dienone is 2. The molecule has 0 bridgehead atoms. The van der Waals surface area contributed by atoms with Crippen molar-refractivity contribution in [1.29, 1.82) is 0 Å². The van der Waals surface area contributed by atoms with Gasteiger partial charge in [0, 0.05) is 5.54 Å². The summed E-state index contributed by atoms with van der Waals surface area (Å²) in [5.74, 6) is 0.730. The molecule has 1 saturated heterocycles. The Bertz CT molecular complexity index is 244. The van der Waals surface area contributed by atoms with Gasteiger partial charge in [-0.2, -0.15) is 0 Å². The molecular weight excluding hydrogens is 158 g/mol. The third-order valence-electron chi connectivity index (χ3n) is 3.32. The van der Waals surface area contributed by atoms with Crippen LogP contribution in [0.2, 0.25) is 0 Å². The smallest absolute Gasteiger partial charge is 0.0403 e. The van der Waals surface area contributed by atoms with E-state index in [1.165, 1.54) is 31.4 Å². The predicted molar refractivity (Wildman–Crippen MR) is 56.6 cm³/mol. The van der Waals surface area contributed by atoms with Crippen molar-refractivity contribution >= 4 is 0 Å². The molecule has 1 heteroatoms. The largest absolute Gasteiger partial charge is 0.308 e. The quantitative estimate of drug-likeness (QED) is 0.649. The van der Waals surface area contributed by atoms with E-state index in [0.717, 1.165) is 5.92 Å². The summed E-state index contributed by atoms with van der Waals surface area (Å²) in [6, 6.07) is 0. The molecule has 1 N–H and O–H groups in total. The summed E-state index contributed by atoms with van der Waals surface area (Å²) in [7, 11) is 0. The topological polar surface area (TPSA) is 12.0 Å². The summed E-state index contributed by atoms with van der Waals surface area (Å²) in [5.41, 5.74) is 1.78. The molecule has 72 valence electrons. The molecule has 2 aliphatic rings. The van der Waals surface area contributed by atoms with Gasteiger partial charge in [-0.1, -0.05) is 25.2 Å². The van der Waals surface area contributed by atoms with Crippen molar-refractivity contribution in [2.24, 2.45) is 5.92 Å². The van der Waals surface area contributed by atoms with Gasteiger partial charge in [0.1, 0.15) is 0 Å². The van der Waals surface area contributed by atoms with E-state index in [1.807, 2.05) is 0 Å². The maximum atomic E-state index is 3.60. The maximum absolute atomic E-state index is 3.60. The number of rotatable bonds is 1. The fraction of sp³-hybridized carbons (Fsp3) is 0.667. The van der Waals surface area contributed by atoms with Gasteiger partial charge in [0.25, 0.3) is 0 Å². The minimum atomic E-state index is 0.274. The highest BCUT2D eigenvalue weighted by Crippen LogP contribution is 2.31. The SMILES string of the molecule is CC1C=CC(C2(C)CCCN2)=CC1. The van der Waals surface area contributed by atoms with Gasteiger partial charge in [0.2, 0.25) is 0 Å². The Hall–Kier alpha value is -0.560. The summed E-state index contributed by atoms with van der Waals surface area (Å²) in [6.07, 6.45) is 10.9. The molecule has 0 aromatic carbocycles. The molecule has 2 unspecified atom stereocenters. The van der Waals surface area contributed by atoms with Crippen LogP contribution in [0.1, 0.15) is 33.1 Å². The first-order chi connectivity index (χ1) is 6.21. The van der Waals surface area contributed by atoms with Gasteiger partial charge in [0.05, 0.1) is 0 Å². The lowest BCUT2D eigenvalue weighted by Crippen LogP contribution is -2.38. The molecule has 2 atom stereocenters. The van der Waals surface area contributed by atoms with E-state index >= 15 is 0 Å². The Morgan fingerprint density at radius 3 is 2.92 bits per heavy atom. The van der Waals surface area contributed by atoms with E-state index in [1.54, 1.807) is 0 Å². The summed E-state index contributed by atoms with van der Waals surface area (Å²) in [6.45, 7) is 5.78. The molecule has 0 aromatic rings. The second-order valence-corrected chi connectivity index (χ2v) is 4.59. The lowest BCUT2D eigenvalue weighted by atomic mass is 9.85. The van der Waals surface area contributed by atoms with Gasteiger partial charge < -0.3 is 5.32 Å². The zero-order chi connectivity index (χ0) is 9.31. The molecule has 2 rings (SSSR count). The Morgan fingerprint density at radius 2 is 2.38 bits per heavy atom. The van der Waals surface area contributed by atoms with Crippen molar-refractivity contribution in [2.75, 3.05) is 6.54 Å². The van der Waals surface area contributed by atoms with Crippen molar-refractivity contribution in [3.8, 4) is 0 Å². The molecular formula is C12H19N. The fourth-order valence-corrected chi connectivity index (χ4v) is 2.28. The minimum Gasteiger partial charge on any atom is -0.308 e. The monoisotopic (exact) mass is 177 g/mol. The summed E-state index contributed by atoms with van der Waals surface area (Å²) in [5, 5.41) is 3.60. The van der Waals surface area contributed by atoms with E-state index in [4.69, 9.17) is 0 Å². The molecule has 0 saturated carbocycles. The lowest BCUT2D eigenvalue weighted by molar-refractivity contribution is 0.491. The molecule has 1 fully saturated rings. The highest BCUT2D eigenvalue weighted by molar-refractivity contribution is 5.34. The second-order valence-electron chi connectivity index (χ2n) is 4.59. The Kier molecular flexibility index (Phi) is 2.29. The first kappa shape index (κ1) is 9.01. The molecule has 0 aromatic heterocycles. The van der Waals surface area contributed by atoms with Gasteiger partial charge in [0.15, 0.2) is 0 Å². The van der Waals surface area contributed by atoms with Crippen LogP contribution in [0.25, 0.3) is 0 Å². The summed E-state index contributed by atoms with van der Waals surface area (Å²) >= 11 is 0. The highest BCUT2D eigenvalue weighted by atomic mass is 15.0. The molecule has 0 spiro atoms. The van der Waals surface area contributed by atoms with E-state index in [9.17, 15) is 0 Å². The van der Waals surface area contributed by atoms with Gasteiger partial charge in [-0.15, -0.1) is 0 Å². The van der Waals surface area contributed by atoms with E-state index in [0.29, 0.717) is 0 Å². The number of hydrogen-bond acceptors (Lipinski definition) is 1. The molecule has 0 amide bonds. The first-order valence-electron chi connectivity index (χ1n) is 5.34. The van der Waals surface area contributed by atoms with Gasteiger partial charge in [-0.3, -0.25) is 0 Å². The molecule has 1 aliphatic carbocycles. The normalized spacial score (nSPS) is 39.2. The fourth-order valence-electron chi connectivity index (χ4n) is 2.28. The van der Waals surface area contributed by atoms with Gasteiger partial charge in [-0.05, 0) is 44.2 Å². The van der Waals surface area contributed by atoms with E-state index in [2.05, 4.69) is 37.4 Å². The second kappa shape index (κ2) is 3.30. The van der Waals surface area contributed by atoms with Crippen molar-refractivity contribution in [1.82, 2.24) is 5.32 Å². The van der Waals surface area contributed by atoms with E-state index in [-0.39, 0.29) is 5.54 Å². The van der Waals surface area contributed by atoms with Crippen molar-refractivity contribution < 1.29 is 0 Å². The lowest BCUT2D eigenvalue weighted by Gasteiger charge is -2.28. The molecule has 0 radical (unpaired) electrons. The number of nitrogens with one attached hydrogen (secondary N) is 1. The highest BCUT2D eigenvalue weighted by Gasteiger charge is 2.31. The van der Waals surface area contributed by atoms with Crippen LogP contribution in [0.15, 0.2) is 23.8 Å². The van der Waals surface area contributed by atoms with Crippen LogP contribution in [-0.4, -0.2) is 12.1 Å². The van der Waals surface area contributed by atoms with Crippen LogP contribution in [-0.2, 0) is 0 Å². The van der Waals surface area contributed by atoms with Crippen LogP contribution < -0.4 is 5.32 Å². The van der Waals surface area contributed by atoms with Gasteiger partial charge >= 0.3 is 0 Å². The first-order valence-corrected chi connectivity index (χ1v) is 5.34. The van der Waals surface area contributed by atoms with Crippen LogP contribution in [0.3, 0.4) is 0 Å². The summed E-state index contributed by atoms with van der Waals surface area (Å²) in [4.78, 5) is 0. The average molecular weight is 177 g/mol. The van der Waals surface area contributed by atoms with Crippen LogP contribution >= 0.6 is 0 Å². The number of hydrogen-bond donors (Lipinski definition) is 1. The summed E-state index contributed by atoms with van der Waals surface area (Å²) < 4.78 is 0. The van der Waals surface area contributed by atoms with Crippen LogP contribution in [0.4, 0.5) is 0 Å². The Morgan fingerprint density at radius 1 is 1.54 bits per heavy atom. The average Bonchev–Trinajstić information content (AvgIpc) is 2.54. The molecule has 13 heavy (non-hydrogen) atoms. The predicted octanol–water partition coefficient (Wildman–Crippen LogP) is 2.65. The van der Waals surface area contributed by atoms with E-state index < -0.39 is 0 Å². The zero-order valence-electron chi connectivity index (χ0n) is 8.64. The zero-order valence-corrected chi connectivity index (χ0v) is 8.64. The molecule has 1 aliphatic heterocycles. The minimum absolute atomic E-state index is 0.274. The van der Waals surface area contributed by atoms with Crippen LogP contribution in [0.5, 0.6) is 0 Å². The molecule has 1 nitrogen and oxygen atoms in total. The van der Waals surface area contributed by atoms with Crippen molar-refractivity contribution in [2.45, 2.75) is 38.6 Å².